The lowest BCUT2D eigenvalue weighted by Gasteiger charge is -2.39. The highest BCUT2D eigenvalue weighted by atomic mass is 16.5. The highest BCUT2D eigenvalue weighted by molar-refractivity contribution is 5.95. The number of amides is 4. The van der Waals surface area contributed by atoms with E-state index < -0.39 is 54.3 Å². The maximum atomic E-state index is 14.2. The number of rotatable bonds is 13. The molecule has 2 aliphatic rings. The zero-order valence-electron chi connectivity index (χ0n) is 28.3. The molecule has 0 aromatic heterocycles. The molecule has 2 N–H and O–H groups in total. The highest BCUT2D eigenvalue weighted by Crippen LogP contribution is 2.44. The van der Waals surface area contributed by atoms with Crippen LogP contribution in [0.1, 0.15) is 69.4 Å². The van der Waals surface area contributed by atoms with Crippen LogP contribution >= 0.6 is 0 Å². The molecule has 254 valence electrons. The van der Waals surface area contributed by atoms with E-state index in [4.69, 9.17) is 4.74 Å². The molecule has 2 aliphatic carbocycles. The van der Waals surface area contributed by atoms with Crippen LogP contribution < -0.4 is 5.32 Å². The van der Waals surface area contributed by atoms with Gasteiger partial charge in [0.2, 0.25) is 17.7 Å². The van der Waals surface area contributed by atoms with Gasteiger partial charge in [-0.25, -0.2) is 4.79 Å². The normalized spacial score (nSPS) is 16.6. The smallest absolute Gasteiger partial charge is 0.407 e. The minimum absolute atomic E-state index is 0.0932. The SMILES string of the molecule is CC[C@H](C)[C@H](NC(=O)OCC1c2ccccc2-c2ccccc21)C(=O)N(C)[C@@H](C(=O)N(C)[C@@H](CC(=O)O)C(=O)N(C)C)C1CCCC1. The lowest BCUT2D eigenvalue weighted by molar-refractivity contribution is -0.154. The van der Waals surface area contributed by atoms with Crippen LogP contribution in [0.5, 0.6) is 0 Å². The molecule has 1 saturated carbocycles. The number of benzene rings is 2. The Morgan fingerprint density at radius 2 is 1.40 bits per heavy atom. The van der Waals surface area contributed by atoms with Gasteiger partial charge in [-0.1, -0.05) is 81.6 Å². The van der Waals surface area contributed by atoms with Gasteiger partial charge in [-0.05, 0) is 46.9 Å². The van der Waals surface area contributed by atoms with E-state index in [2.05, 4.69) is 17.4 Å². The van der Waals surface area contributed by atoms with Crippen molar-refractivity contribution in [2.45, 2.75) is 76.4 Å². The van der Waals surface area contributed by atoms with Gasteiger partial charge in [0.25, 0.3) is 0 Å². The lowest BCUT2D eigenvalue weighted by atomic mass is 9.92. The zero-order chi connectivity index (χ0) is 34.4. The standard InChI is InChI=1S/C36H48N4O7/c1-7-22(2)31(37-36(46)47-21-28-26-18-12-10-16-24(26)25-17-11-13-19-27(25)28)34(44)40(6)32(23-14-8-9-15-23)35(45)39(5)29(20-30(41)42)33(43)38(3)4/h10-13,16-19,22-23,28-29,31-32H,7-9,14-15,20-21H2,1-6H3,(H,37,46)(H,41,42)/t22-,29-,31-,32+/m0/s1. The maximum absolute atomic E-state index is 14.2. The van der Waals surface area contributed by atoms with E-state index in [1.807, 2.05) is 50.2 Å². The first-order valence-electron chi connectivity index (χ1n) is 16.4. The molecule has 0 radical (unpaired) electrons. The van der Waals surface area contributed by atoms with Crippen molar-refractivity contribution < 1.29 is 33.8 Å². The number of ether oxygens (including phenoxy) is 1. The van der Waals surface area contributed by atoms with E-state index in [0.29, 0.717) is 19.3 Å². The average Bonchev–Trinajstić information content (AvgIpc) is 3.70. The van der Waals surface area contributed by atoms with E-state index in [9.17, 15) is 29.1 Å². The highest BCUT2D eigenvalue weighted by Gasteiger charge is 2.43. The molecule has 0 bridgehead atoms. The third-order valence-electron chi connectivity index (χ3n) is 9.87. The van der Waals surface area contributed by atoms with Crippen molar-refractivity contribution in [1.82, 2.24) is 20.0 Å². The summed E-state index contributed by atoms with van der Waals surface area (Å²) in [7, 11) is 5.97. The summed E-state index contributed by atoms with van der Waals surface area (Å²) in [5, 5.41) is 12.3. The van der Waals surface area contributed by atoms with Gasteiger partial charge in [-0.2, -0.15) is 0 Å². The molecule has 47 heavy (non-hydrogen) atoms. The number of carbonyl (C=O) groups excluding carboxylic acids is 4. The van der Waals surface area contributed by atoms with Crippen LogP contribution in [0.4, 0.5) is 4.79 Å². The van der Waals surface area contributed by atoms with Crippen molar-refractivity contribution in [3.63, 3.8) is 0 Å². The van der Waals surface area contributed by atoms with Gasteiger partial charge in [-0.15, -0.1) is 0 Å². The van der Waals surface area contributed by atoms with Crippen molar-refractivity contribution in [3.8, 4) is 11.1 Å². The predicted molar refractivity (Wildman–Crippen MR) is 177 cm³/mol. The molecule has 4 amide bonds. The summed E-state index contributed by atoms with van der Waals surface area (Å²) >= 11 is 0. The second kappa shape index (κ2) is 15.5. The van der Waals surface area contributed by atoms with Gasteiger partial charge in [0, 0.05) is 34.1 Å². The topological polar surface area (TPSA) is 137 Å². The number of hydrogen-bond donors (Lipinski definition) is 2. The van der Waals surface area contributed by atoms with E-state index in [1.54, 1.807) is 7.05 Å². The molecular weight excluding hydrogens is 600 g/mol. The fourth-order valence-corrected chi connectivity index (χ4v) is 6.98. The van der Waals surface area contributed by atoms with Crippen molar-refractivity contribution in [2.24, 2.45) is 11.8 Å². The summed E-state index contributed by atoms with van der Waals surface area (Å²) in [6.07, 6.45) is 2.49. The Morgan fingerprint density at radius 1 is 0.851 bits per heavy atom. The minimum Gasteiger partial charge on any atom is -0.481 e. The van der Waals surface area contributed by atoms with Crippen LogP contribution in [0.15, 0.2) is 48.5 Å². The predicted octanol–water partition coefficient (Wildman–Crippen LogP) is 4.35. The first-order chi connectivity index (χ1) is 22.4. The monoisotopic (exact) mass is 648 g/mol. The van der Waals surface area contributed by atoms with E-state index in [1.165, 1.54) is 35.8 Å². The second-order valence-electron chi connectivity index (χ2n) is 13.1. The fraction of sp³-hybridized carbons (Fsp3) is 0.528. The Balaban J connectivity index is 1.53. The number of alkyl carbamates (subject to hydrolysis) is 1. The van der Waals surface area contributed by atoms with Crippen molar-refractivity contribution in [2.75, 3.05) is 34.8 Å². The van der Waals surface area contributed by atoms with Crippen LogP contribution in [0, 0.1) is 11.8 Å². The molecule has 11 nitrogen and oxygen atoms in total. The third kappa shape index (κ3) is 7.77. The molecule has 0 heterocycles. The fourth-order valence-electron chi connectivity index (χ4n) is 6.98. The first-order valence-corrected chi connectivity index (χ1v) is 16.4. The number of carboxylic acid groups (broad SMARTS) is 1. The van der Waals surface area contributed by atoms with Gasteiger partial charge in [0.1, 0.15) is 24.7 Å². The van der Waals surface area contributed by atoms with Gasteiger partial charge in [0.15, 0.2) is 0 Å². The van der Waals surface area contributed by atoms with Crippen molar-refractivity contribution in [1.29, 1.82) is 0 Å². The minimum atomic E-state index is -1.23. The Labute approximate surface area is 277 Å². The number of carbonyl (C=O) groups is 5. The Kier molecular flexibility index (Phi) is 11.7. The van der Waals surface area contributed by atoms with Crippen LogP contribution in [0.2, 0.25) is 0 Å². The second-order valence-corrected chi connectivity index (χ2v) is 13.1. The van der Waals surface area contributed by atoms with E-state index >= 15 is 0 Å². The van der Waals surface area contributed by atoms with E-state index in [0.717, 1.165) is 35.1 Å². The maximum Gasteiger partial charge on any atom is 0.407 e. The number of fused-ring (bicyclic) bond motifs is 3. The van der Waals surface area contributed by atoms with Crippen molar-refractivity contribution >= 4 is 29.8 Å². The molecule has 0 aliphatic heterocycles. The third-order valence-corrected chi connectivity index (χ3v) is 9.87. The van der Waals surface area contributed by atoms with Gasteiger partial charge in [-0.3, -0.25) is 19.2 Å². The average molecular weight is 649 g/mol. The molecule has 0 unspecified atom stereocenters. The summed E-state index contributed by atoms with van der Waals surface area (Å²) in [4.78, 5) is 70.0. The molecule has 4 rings (SSSR count). The molecule has 1 fully saturated rings. The van der Waals surface area contributed by atoms with Crippen LogP contribution in [0.25, 0.3) is 11.1 Å². The zero-order valence-corrected chi connectivity index (χ0v) is 28.3. The van der Waals surface area contributed by atoms with Crippen molar-refractivity contribution in [3.05, 3.63) is 59.7 Å². The Morgan fingerprint density at radius 3 is 1.91 bits per heavy atom. The van der Waals surface area contributed by atoms with Crippen LogP contribution in [-0.2, 0) is 23.9 Å². The number of nitrogens with one attached hydrogen (secondary N) is 1. The summed E-state index contributed by atoms with van der Waals surface area (Å²) < 4.78 is 5.76. The molecule has 0 saturated heterocycles. The number of likely N-dealkylation sites (N-methyl/N-ethyl adjacent to an activating group) is 3. The van der Waals surface area contributed by atoms with Crippen LogP contribution in [0.3, 0.4) is 0 Å². The largest absolute Gasteiger partial charge is 0.481 e. The molecule has 4 atom stereocenters. The Hall–Kier alpha value is -4.41. The summed E-state index contributed by atoms with van der Waals surface area (Å²) in [5.74, 6) is -3.27. The number of nitrogens with zero attached hydrogens (tertiary/aromatic N) is 3. The summed E-state index contributed by atoms with van der Waals surface area (Å²) in [5.41, 5.74) is 4.37. The number of carboxylic acids is 1. The molecule has 2 aromatic rings. The van der Waals surface area contributed by atoms with Crippen LogP contribution in [-0.4, -0.2) is 103 Å². The molecule has 11 heteroatoms. The number of hydrogen-bond acceptors (Lipinski definition) is 6. The number of aliphatic carboxylic acids is 1. The van der Waals surface area contributed by atoms with Gasteiger partial charge in [0.05, 0.1) is 6.42 Å². The van der Waals surface area contributed by atoms with Gasteiger partial charge >= 0.3 is 12.1 Å². The summed E-state index contributed by atoms with van der Waals surface area (Å²) in [6, 6.07) is 12.9. The quantitative estimate of drug-likeness (QED) is 0.330. The molecule has 0 spiro atoms. The lowest BCUT2D eigenvalue weighted by Crippen LogP contribution is -2.60. The first kappa shape index (κ1) is 35.4. The Bertz CT molecular complexity index is 1430. The summed E-state index contributed by atoms with van der Waals surface area (Å²) in [6.45, 7) is 3.87. The van der Waals surface area contributed by atoms with Gasteiger partial charge < -0.3 is 29.9 Å². The molecular formula is C36H48N4O7. The molecule has 2 aromatic carbocycles. The van der Waals surface area contributed by atoms with E-state index in [-0.39, 0.29) is 24.4 Å².